The molecule has 6 nitrogen and oxygen atoms in total. The average molecular weight is 342 g/mol. The Morgan fingerprint density at radius 3 is 2.83 bits per heavy atom. The third kappa shape index (κ3) is 4.81. The zero-order valence-corrected chi connectivity index (χ0v) is 13.3. The Hall–Kier alpha value is -2.38. The Morgan fingerprint density at radius 2 is 2.12 bits per heavy atom. The van der Waals surface area contributed by atoms with Crippen LogP contribution in [0.5, 0.6) is 5.75 Å². The molecule has 0 aromatic heterocycles. The van der Waals surface area contributed by atoms with Crippen LogP contribution in [-0.2, 0) is 4.74 Å². The zero-order chi connectivity index (χ0) is 17.5. The molecule has 132 valence electrons. The third-order valence-electron chi connectivity index (χ3n) is 3.64. The maximum Gasteiger partial charge on any atom is 0.407 e. The van der Waals surface area contributed by atoms with Crippen molar-refractivity contribution in [3.05, 3.63) is 29.8 Å². The van der Waals surface area contributed by atoms with Crippen molar-refractivity contribution < 1.29 is 27.8 Å². The molecule has 1 heterocycles. The van der Waals surface area contributed by atoms with Gasteiger partial charge in [-0.1, -0.05) is 12.1 Å². The smallest absolute Gasteiger partial charge is 0.407 e. The van der Waals surface area contributed by atoms with Crippen LogP contribution in [-0.4, -0.2) is 49.3 Å². The number of hydrogen-bond donors (Lipinski definition) is 1. The minimum atomic E-state index is -3.00. The van der Waals surface area contributed by atoms with Crippen LogP contribution in [0.25, 0.3) is 0 Å². The van der Waals surface area contributed by atoms with Gasteiger partial charge >= 0.3 is 12.7 Å². The predicted molar refractivity (Wildman–Crippen MR) is 82.2 cm³/mol. The van der Waals surface area contributed by atoms with E-state index >= 15 is 0 Å². The number of piperidine rings is 1. The van der Waals surface area contributed by atoms with E-state index in [1.54, 1.807) is 13.0 Å². The first kappa shape index (κ1) is 18.0. The summed E-state index contributed by atoms with van der Waals surface area (Å²) in [6.45, 7) is -0.252. The number of para-hydroxylation sites is 1. The molecule has 1 aromatic rings. The van der Waals surface area contributed by atoms with Gasteiger partial charge in [0.25, 0.3) is 5.91 Å². The second-order valence-corrected chi connectivity index (χ2v) is 5.33. The van der Waals surface area contributed by atoms with Crippen LogP contribution < -0.4 is 10.1 Å². The van der Waals surface area contributed by atoms with Crippen LogP contribution in [0.2, 0.25) is 0 Å². The number of benzene rings is 1. The average Bonchev–Trinajstić information content (AvgIpc) is 2.54. The molecule has 0 saturated carbocycles. The first-order valence-corrected chi connectivity index (χ1v) is 7.77. The fourth-order valence-electron chi connectivity index (χ4n) is 2.63. The van der Waals surface area contributed by atoms with E-state index in [9.17, 15) is 18.4 Å². The fraction of sp³-hybridized carbons (Fsp3) is 0.500. The molecular weight excluding hydrogens is 322 g/mol. The van der Waals surface area contributed by atoms with Gasteiger partial charge in [-0.05, 0) is 31.9 Å². The first-order chi connectivity index (χ1) is 11.5. The van der Waals surface area contributed by atoms with Crippen LogP contribution in [0.1, 0.15) is 30.1 Å². The lowest BCUT2D eigenvalue weighted by Gasteiger charge is -2.33. The van der Waals surface area contributed by atoms with E-state index in [4.69, 9.17) is 4.74 Å². The van der Waals surface area contributed by atoms with E-state index in [1.165, 1.54) is 23.1 Å². The Morgan fingerprint density at radius 1 is 1.38 bits per heavy atom. The van der Waals surface area contributed by atoms with Gasteiger partial charge in [0, 0.05) is 19.1 Å². The van der Waals surface area contributed by atoms with Crippen molar-refractivity contribution >= 4 is 12.0 Å². The van der Waals surface area contributed by atoms with Crippen LogP contribution >= 0.6 is 0 Å². The van der Waals surface area contributed by atoms with Crippen molar-refractivity contribution in [1.82, 2.24) is 10.2 Å². The molecule has 1 aliphatic rings. The van der Waals surface area contributed by atoms with E-state index in [2.05, 4.69) is 10.1 Å². The fourth-order valence-corrected chi connectivity index (χ4v) is 2.63. The largest absolute Gasteiger partial charge is 0.450 e. The quantitative estimate of drug-likeness (QED) is 0.893. The standard InChI is InChI=1S/C16H20F2N2O4/c1-2-23-16(22)19-11-6-5-9-20(10-11)14(21)12-7-3-4-8-13(12)24-15(17)18/h3-4,7-8,11,15H,2,5-6,9-10H2,1H3,(H,19,22)/t11-/m1/s1. The van der Waals surface area contributed by atoms with Gasteiger partial charge in [0.05, 0.1) is 12.2 Å². The zero-order valence-electron chi connectivity index (χ0n) is 13.3. The second kappa shape index (κ2) is 8.47. The number of alkyl halides is 2. The maximum absolute atomic E-state index is 12.6. The second-order valence-electron chi connectivity index (χ2n) is 5.33. The Balaban J connectivity index is 2.05. The molecule has 1 aromatic carbocycles. The number of ether oxygens (including phenoxy) is 2. The SMILES string of the molecule is CCOC(=O)N[C@@H]1CCCN(C(=O)c2ccccc2OC(F)F)C1. The first-order valence-electron chi connectivity index (χ1n) is 7.77. The van der Waals surface area contributed by atoms with Gasteiger partial charge in [-0.25, -0.2) is 4.79 Å². The lowest BCUT2D eigenvalue weighted by atomic mass is 10.0. The van der Waals surface area contributed by atoms with Gasteiger partial charge in [0.2, 0.25) is 0 Å². The highest BCUT2D eigenvalue weighted by Gasteiger charge is 2.27. The molecule has 0 bridgehead atoms. The number of nitrogens with zero attached hydrogens (tertiary/aromatic N) is 1. The summed E-state index contributed by atoms with van der Waals surface area (Å²) in [6.07, 6.45) is 0.886. The number of amides is 2. The summed E-state index contributed by atoms with van der Waals surface area (Å²) in [5.74, 6) is -0.556. The van der Waals surface area contributed by atoms with Crippen molar-refractivity contribution in [2.24, 2.45) is 0 Å². The minimum Gasteiger partial charge on any atom is -0.450 e. The lowest BCUT2D eigenvalue weighted by molar-refractivity contribution is -0.0503. The number of carbonyl (C=O) groups is 2. The molecule has 1 fully saturated rings. The summed E-state index contributed by atoms with van der Waals surface area (Å²) in [5, 5.41) is 2.70. The number of nitrogens with one attached hydrogen (secondary N) is 1. The number of rotatable bonds is 5. The Kier molecular flexibility index (Phi) is 6.34. The summed E-state index contributed by atoms with van der Waals surface area (Å²) >= 11 is 0. The molecule has 0 radical (unpaired) electrons. The van der Waals surface area contributed by atoms with Gasteiger partial charge in [-0.2, -0.15) is 8.78 Å². The lowest BCUT2D eigenvalue weighted by Crippen LogP contribution is -2.49. The molecule has 1 aliphatic heterocycles. The number of carbonyl (C=O) groups excluding carboxylic acids is 2. The molecule has 8 heteroatoms. The molecule has 24 heavy (non-hydrogen) atoms. The van der Waals surface area contributed by atoms with E-state index in [-0.39, 0.29) is 24.0 Å². The Labute approximate surface area is 138 Å². The normalized spacial score (nSPS) is 17.5. The highest BCUT2D eigenvalue weighted by molar-refractivity contribution is 5.97. The van der Waals surface area contributed by atoms with Gasteiger partial charge < -0.3 is 19.7 Å². The van der Waals surface area contributed by atoms with Crippen molar-refractivity contribution in [2.45, 2.75) is 32.4 Å². The molecule has 0 spiro atoms. The molecular formula is C16H20F2N2O4. The number of likely N-dealkylation sites (tertiary alicyclic amines) is 1. The monoisotopic (exact) mass is 342 g/mol. The summed E-state index contributed by atoms with van der Waals surface area (Å²) in [7, 11) is 0. The summed E-state index contributed by atoms with van der Waals surface area (Å²) < 4.78 is 34.2. The van der Waals surface area contributed by atoms with Crippen LogP contribution in [0.15, 0.2) is 24.3 Å². The van der Waals surface area contributed by atoms with Gasteiger partial charge in [-0.15, -0.1) is 0 Å². The molecule has 0 unspecified atom stereocenters. The highest BCUT2D eigenvalue weighted by Crippen LogP contribution is 2.23. The van der Waals surface area contributed by atoms with Gasteiger partial charge in [0.15, 0.2) is 0 Å². The molecule has 2 rings (SSSR count). The van der Waals surface area contributed by atoms with Crippen molar-refractivity contribution in [3.63, 3.8) is 0 Å². The summed E-state index contributed by atoms with van der Waals surface area (Å²) in [6, 6.07) is 5.66. The van der Waals surface area contributed by atoms with Gasteiger partial charge in [-0.3, -0.25) is 4.79 Å². The maximum atomic E-state index is 12.6. The minimum absolute atomic E-state index is 0.0783. The van der Waals surface area contributed by atoms with E-state index in [0.29, 0.717) is 19.5 Å². The molecule has 1 atom stereocenters. The number of alkyl carbamates (subject to hydrolysis) is 1. The van der Waals surface area contributed by atoms with Gasteiger partial charge in [0.1, 0.15) is 5.75 Å². The predicted octanol–water partition coefficient (Wildman–Crippen LogP) is 2.64. The highest BCUT2D eigenvalue weighted by atomic mass is 19.3. The molecule has 1 N–H and O–H groups in total. The van der Waals surface area contributed by atoms with Crippen molar-refractivity contribution in [3.8, 4) is 5.75 Å². The number of hydrogen-bond acceptors (Lipinski definition) is 4. The van der Waals surface area contributed by atoms with Crippen molar-refractivity contribution in [2.75, 3.05) is 19.7 Å². The number of halogens is 2. The third-order valence-corrected chi connectivity index (χ3v) is 3.64. The van der Waals surface area contributed by atoms with Crippen molar-refractivity contribution in [1.29, 1.82) is 0 Å². The molecule has 0 aliphatic carbocycles. The summed E-state index contributed by atoms with van der Waals surface area (Å²) in [5.41, 5.74) is 0.0783. The summed E-state index contributed by atoms with van der Waals surface area (Å²) in [4.78, 5) is 25.6. The van der Waals surface area contributed by atoms with E-state index in [0.717, 1.165) is 6.42 Å². The van der Waals surface area contributed by atoms with E-state index < -0.39 is 18.6 Å². The topological polar surface area (TPSA) is 67.9 Å². The van der Waals surface area contributed by atoms with Crippen LogP contribution in [0.4, 0.5) is 13.6 Å². The van der Waals surface area contributed by atoms with E-state index in [1.807, 2.05) is 0 Å². The molecule has 2 amide bonds. The van der Waals surface area contributed by atoms with Crippen LogP contribution in [0.3, 0.4) is 0 Å². The Bertz CT molecular complexity index is 583. The van der Waals surface area contributed by atoms with Crippen LogP contribution in [0, 0.1) is 0 Å². The molecule has 1 saturated heterocycles.